The minimum Gasteiger partial charge on any atom is -0.366 e. The lowest BCUT2D eigenvalue weighted by Gasteiger charge is -2.08. The monoisotopic (exact) mass is 337 g/mol. The summed E-state index contributed by atoms with van der Waals surface area (Å²) < 4.78 is 14.0. The summed E-state index contributed by atoms with van der Waals surface area (Å²) in [4.78, 5) is 18.7. The van der Waals surface area contributed by atoms with E-state index in [2.05, 4.69) is 31.2 Å². The summed E-state index contributed by atoms with van der Waals surface area (Å²) in [5.41, 5.74) is 0.614. The quantitative estimate of drug-likeness (QED) is 0.900. The molecule has 0 bridgehead atoms. The van der Waals surface area contributed by atoms with Gasteiger partial charge in [0, 0.05) is 23.0 Å². The van der Waals surface area contributed by atoms with Gasteiger partial charge in [0.05, 0.1) is 0 Å². The van der Waals surface area contributed by atoms with E-state index in [9.17, 15) is 9.18 Å². The number of anilines is 1. The molecule has 1 fully saturated rings. The van der Waals surface area contributed by atoms with Gasteiger partial charge in [-0.2, -0.15) is 0 Å². The first-order chi connectivity index (χ1) is 9.61. The van der Waals surface area contributed by atoms with Crippen LogP contribution in [0.2, 0.25) is 0 Å². The second-order valence-electron chi connectivity index (χ2n) is 4.88. The van der Waals surface area contributed by atoms with Crippen LogP contribution in [0.5, 0.6) is 0 Å². The molecule has 1 aromatic carbocycles. The molecule has 1 saturated carbocycles. The molecule has 0 amide bonds. The van der Waals surface area contributed by atoms with E-state index in [-0.39, 0.29) is 11.4 Å². The number of halogens is 2. The second-order valence-corrected chi connectivity index (χ2v) is 5.73. The first kappa shape index (κ1) is 13.3. The fourth-order valence-corrected chi connectivity index (χ4v) is 2.37. The van der Waals surface area contributed by atoms with Crippen molar-refractivity contribution < 1.29 is 4.39 Å². The van der Waals surface area contributed by atoms with Crippen molar-refractivity contribution in [1.82, 2.24) is 9.97 Å². The molecule has 6 heteroatoms. The number of rotatable bonds is 4. The highest BCUT2D eigenvalue weighted by atomic mass is 79.9. The van der Waals surface area contributed by atoms with Crippen LogP contribution in [0.25, 0.3) is 0 Å². The van der Waals surface area contributed by atoms with E-state index in [1.807, 2.05) is 0 Å². The predicted molar refractivity (Wildman–Crippen MR) is 78.3 cm³/mol. The van der Waals surface area contributed by atoms with E-state index >= 15 is 0 Å². The van der Waals surface area contributed by atoms with Crippen LogP contribution in [-0.4, -0.2) is 9.97 Å². The van der Waals surface area contributed by atoms with Gasteiger partial charge < -0.3 is 10.3 Å². The SMILES string of the molecule is O=c1cc(NCc2cc(F)ccc2Br)nc(C2CC2)[nH]1. The third-order valence-corrected chi connectivity index (χ3v) is 3.97. The highest BCUT2D eigenvalue weighted by Gasteiger charge is 2.26. The van der Waals surface area contributed by atoms with E-state index in [1.54, 1.807) is 6.07 Å². The van der Waals surface area contributed by atoms with Gasteiger partial charge in [-0.05, 0) is 36.6 Å². The maximum Gasteiger partial charge on any atom is 0.252 e. The topological polar surface area (TPSA) is 57.8 Å². The molecule has 4 nitrogen and oxygen atoms in total. The minimum atomic E-state index is -0.289. The second kappa shape index (κ2) is 5.36. The van der Waals surface area contributed by atoms with E-state index in [0.717, 1.165) is 28.7 Å². The maximum atomic E-state index is 13.2. The third-order valence-electron chi connectivity index (χ3n) is 3.19. The summed E-state index contributed by atoms with van der Waals surface area (Å²) in [6.45, 7) is 0.402. The van der Waals surface area contributed by atoms with E-state index in [4.69, 9.17) is 0 Å². The summed E-state index contributed by atoms with van der Waals surface area (Å²) in [6, 6.07) is 5.92. The Labute approximate surface area is 123 Å². The van der Waals surface area contributed by atoms with Crippen LogP contribution >= 0.6 is 15.9 Å². The van der Waals surface area contributed by atoms with Gasteiger partial charge in [-0.1, -0.05) is 15.9 Å². The largest absolute Gasteiger partial charge is 0.366 e. The molecule has 1 aliphatic carbocycles. The molecular weight excluding hydrogens is 325 g/mol. The molecule has 0 aliphatic heterocycles. The Kier molecular flexibility index (Phi) is 3.56. The molecule has 0 radical (unpaired) electrons. The van der Waals surface area contributed by atoms with Gasteiger partial charge in [-0.15, -0.1) is 0 Å². The van der Waals surface area contributed by atoms with Crippen LogP contribution in [0.4, 0.5) is 10.2 Å². The van der Waals surface area contributed by atoms with Crippen molar-refractivity contribution in [3.63, 3.8) is 0 Å². The predicted octanol–water partition coefficient (Wildman–Crippen LogP) is 3.16. The summed E-state index contributed by atoms with van der Waals surface area (Å²) in [6.07, 6.45) is 2.14. The molecule has 2 aromatic rings. The molecule has 0 saturated heterocycles. The van der Waals surface area contributed by atoms with Crippen molar-refractivity contribution in [2.45, 2.75) is 25.3 Å². The zero-order valence-corrected chi connectivity index (χ0v) is 12.2. The Bertz CT molecular complexity index is 697. The highest BCUT2D eigenvalue weighted by molar-refractivity contribution is 9.10. The average Bonchev–Trinajstić information content (AvgIpc) is 3.23. The number of hydrogen-bond acceptors (Lipinski definition) is 3. The third kappa shape index (κ3) is 3.07. The number of aromatic amines is 1. The molecule has 0 spiro atoms. The van der Waals surface area contributed by atoms with Gasteiger partial charge in [-0.3, -0.25) is 4.79 Å². The van der Waals surface area contributed by atoms with Gasteiger partial charge in [-0.25, -0.2) is 9.37 Å². The van der Waals surface area contributed by atoms with Crippen molar-refractivity contribution in [3.05, 3.63) is 56.3 Å². The molecule has 1 aromatic heterocycles. The van der Waals surface area contributed by atoms with Gasteiger partial charge in [0.15, 0.2) is 0 Å². The lowest BCUT2D eigenvalue weighted by atomic mass is 10.2. The molecule has 104 valence electrons. The molecular formula is C14H13BrFN3O. The van der Waals surface area contributed by atoms with Crippen molar-refractivity contribution in [2.24, 2.45) is 0 Å². The van der Waals surface area contributed by atoms with Crippen molar-refractivity contribution >= 4 is 21.7 Å². The minimum absolute atomic E-state index is 0.164. The highest BCUT2D eigenvalue weighted by Crippen LogP contribution is 2.37. The van der Waals surface area contributed by atoms with Gasteiger partial charge in [0.1, 0.15) is 17.5 Å². The number of benzene rings is 1. The summed E-state index contributed by atoms with van der Waals surface area (Å²) in [7, 11) is 0. The van der Waals surface area contributed by atoms with Crippen LogP contribution in [0.3, 0.4) is 0 Å². The molecule has 1 heterocycles. The van der Waals surface area contributed by atoms with E-state index < -0.39 is 0 Å². The Morgan fingerprint density at radius 3 is 2.95 bits per heavy atom. The van der Waals surface area contributed by atoms with Crippen LogP contribution in [0.1, 0.15) is 30.1 Å². The first-order valence-corrected chi connectivity index (χ1v) is 7.20. The fourth-order valence-electron chi connectivity index (χ4n) is 1.98. The summed E-state index contributed by atoms with van der Waals surface area (Å²) in [5.74, 6) is 1.35. The molecule has 20 heavy (non-hydrogen) atoms. The van der Waals surface area contributed by atoms with Crippen molar-refractivity contribution in [3.8, 4) is 0 Å². The number of aromatic nitrogens is 2. The van der Waals surface area contributed by atoms with E-state index in [1.165, 1.54) is 18.2 Å². The van der Waals surface area contributed by atoms with Crippen LogP contribution in [0.15, 0.2) is 33.5 Å². The molecule has 1 aliphatic rings. The number of hydrogen-bond donors (Lipinski definition) is 2. The van der Waals surface area contributed by atoms with Crippen LogP contribution in [-0.2, 0) is 6.54 Å². The maximum absolute atomic E-state index is 13.2. The van der Waals surface area contributed by atoms with Crippen LogP contribution in [0, 0.1) is 5.82 Å². The Morgan fingerprint density at radius 2 is 2.20 bits per heavy atom. The Morgan fingerprint density at radius 1 is 1.40 bits per heavy atom. The van der Waals surface area contributed by atoms with Crippen LogP contribution < -0.4 is 10.9 Å². The number of H-pyrrole nitrogens is 1. The van der Waals surface area contributed by atoms with E-state index in [0.29, 0.717) is 18.3 Å². The normalized spacial score (nSPS) is 14.3. The lowest BCUT2D eigenvalue weighted by Crippen LogP contribution is -2.13. The molecule has 0 atom stereocenters. The zero-order chi connectivity index (χ0) is 14.1. The summed E-state index contributed by atoms with van der Waals surface area (Å²) >= 11 is 3.37. The van der Waals surface area contributed by atoms with Gasteiger partial charge in [0.25, 0.3) is 5.56 Å². The smallest absolute Gasteiger partial charge is 0.252 e. The van der Waals surface area contributed by atoms with Gasteiger partial charge in [0.2, 0.25) is 0 Å². The molecule has 2 N–H and O–H groups in total. The lowest BCUT2D eigenvalue weighted by molar-refractivity contribution is 0.625. The molecule has 0 unspecified atom stereocenters. The number of nitrogens with one attached hydrogen (secondary N) is 2. The van der Waals surface area contributed by atoms with Crippen molar-refractivity contribution in [1.29, 1.82) is 0 Å². The first-order valence-electron chi connectivity index (χ1n) is 6.41. The Hall–Kier alpha value is -1.69. The summed E-state index contributed by atoms with van der Waals surface area (Å²) in [5, 5.41) is 3.07. The zero-order valence-electron chi connectivity index (χ0n) is 10.6. The molecule has 3 rings (SSSR count). The van der Waals surface area contributed by atoms with Gasteiger partial charge >= 0.3 is 0 Å². The fraction of sp³-hybridized carbons (Fsp3) is 0.286. The standard InChI is InChI=1S/C14H13BrFN3O/c15-11-4-3-10(16)5-9(11)7-17-12-6-13(20)19-14(18-12)8-1-2-8/h3-6,8H,1-2,7H2,(H2,17,18,19,20). The average molecular weight is 338 g/mol. The Balaban J connectivity index is 1.77. The number of nitrogens with zero attached hydrogens (tertiary/aromatic N) is 1. The van der Waals surface area contributed by atoms with Crippen molar-refractivity contribution in [2.75, 3.05) is 5.32 Å².